The number of amides is 1. The van der Waals surface area contributed by atoms with Crippen LogP contribution in [0.1, 0.15) is 88.6 Å². The van der Waals surface area contributed by atoms with Crippen molar-refractivity contribution in [2.24, 2.45) is 12.5 Å². The van der Waals surface area contributed by atoms with Gasteiger partial charge in [-0.25, -0.2) is 4.98 Å². The van der Waals surface area contributed by atoms with E-state index in [1.165, 1.54) is 6.42 Å². The molecule has 0 unspecified atom stereocenters. The second kappa shape index (κ2) is 14.7. The third kappa shape index (κ3) is 7.35. The maximum absolute atomic E-state index is 13.7. The van der Waals surface area contributed by atoms with Crippen LogP contribution in [-0.4, -0.2) is 25.6 Å². The average Bonchev–Trinajstić information content (AvgIpc) is 3.42. The van der Waals surface area contributed by atoms with Crippen LogP contribution in [0.4, 0.5) is 5.82 Å². The molecule has 0 saturated heterocycles. The molecule has 0 spiro atoms. The molecule has 1 saturated carbocycles. The SMILES string of the molecule is CC.Cn1nc(N)c2c1CN(C(=O)C1(CCCCCc3cccc(Br)n3)CCCCC1)C2.SI. The second-order valence-corrected chi connectivity index (χ2v) is 9.76. The number of carbonyl (C=O) groups excluding carboxylic acids is 1. The van der Waals surface area contributed by atoms with Gasteiger partial charge in [-0.15, -0.1) is 9.80 Å². The van der Waals surface area contributed by atoms with Gasteiger partial charge in [-0.1, -0.05) is 52.0 Å². The zero-order valence-corrected chi connectivity index (χ0v) is 25.3. The summed E-state index contributed by atoms with van der Waals surface area (Å²) in [6.07, 6.45) is 11.0. The first kappa shape index (κ1) is 29.4. The second-order valence-electron chi connectivity index (χ2n) is 8.95. The van der Waals surface area contributed by atoms with Gasteiger partial charge in [0.25, 0.3) is 0 Å². The van der Waals surface area contributed by atoms with Crippen LogP contribution in [0.25, 0.3) is 0 Å². The summed E-state index contributed by atoms with van der Waals surface area (Å²) in [4.78, 5) is 20.2. The number of nitrogens with two attached hydrogens (primary N) is 1. The first-order valence-electron chi connectivity index (χ1n) is 12.4. The Morgan fingerprint density at radius 2 is 1.85 bits per heavy atom. The van der Waals surface area contributed by atoms with Crippen LogP contribution in [0, 0.1) is 5.41 Å². The van der Waals surface area contributed by atoms with Crippen LogP contribution in [0.5, 0.6) is 0 Å². The van der Waals surface area contributed by atoms with E-state index in [9.17, 15) is 4.79 Å². The molecule has 6 nitrogen and oxygen atoms in total. The van der Waals surface area contributed by atoms with Gasteiger partial charge in [0, 0.05) is 23.7 Å². The van der Waals surface area contributed by atoms with Gasteiger partial charge >= 0.3 is 0 Å². The molecule has 0 radical (unpaired) electrons. The van der Waals surface area contributed by atoms with Gasteiger partial charge in [0.1, 0.15) is 4.60 Å². The van der Waals surface area contributed by atoms with E-state index in [4.69, 9.17) is 5.73 Å². The Hall–Kier alpha value is -0.810. The van der Waals surface area contributed by atoms with Gasteiger partial charge in [0.2, 0.25) is 5.91 Å². The number of nitrogen functional groups attached to an aromatic ring is 1. The number of anilines is 1. The van der Waals surface area contributed by atoms with Crippen molar-refractivity contribution in [2.75, 3.05) is 5.73 Å². The van der Waals surface area contributed by atoms with Gasteiger partial charge in [-0.05, 0) is 81.4 Å². The molecule has 2 aromatic rings. The van der Waals surface area contributed by atoms with Crippen molar-refractivity contribution in [3.8, 4) is 0 Å². The molecule has 1 fully saturated rings. The van der Waals surface area contributed by atoms with Gasteiger partial charge in [-0.2, -0.15) is 5.10 Å². The Balaban J connectivity index is 0.000000970. The smallest absolute Gasteiger partial charge is 0.229 e. The third-order valence-corrected chi connectivity index (χ3v) is 7.35. The lowest BCUT2D eigenvalue weighted by Crippen LogP contribution is -2.43. The summed E-state index contributed by atoms with van der Waals surface area (Å²) in [5, 5.41) is 4.31. The highest BCUT2D eigenvalue weighted by atomic mass is 127. The van der Waals surface area contributed by atoms with Crippen LogP contribution >= 0.6 is 46.9 Å². The van der Waals surface area contributed by atoms with E-state index in [0.717, 1.165) is 79.3 Å². The Bertz CT molecular complexity index is 890. The van der Waals surface area contributed by atoms with E-state index >= 15 is 0 Å². The van der Waals surface area contributed by atoms with Crippen molar-refractivity contribution < 1.29 is 4.79 Å². The number of thiol groups is 1. The Kier molecular flexibility index (Phi) is 12.7. The minimum absolute atomic E-state index is 0.184. The molecule has 9 heteroatoms. The van der Waals surface area contributed by atoms with E-state index in [-0.39, 0.29) is 5.41 Å². The minimum atomic E-state index is -0.184. The number of carbonyl (C=O) groups is 1. The van der Waals surface area contributed by atoms with E-state index < -0.39 is 0 Å². The molecule has 0 bridgehead atoms. The lowest BCUT2D eigenvalue weighted by molar-refractivity contribution is -0.145. The van der Waals surface area contributed by atoms with Crippen molar-refractivity contribution in [3.05, 3.63) is 39.8 Å². The molecule has 34 heavy (non-hydrogen) atoms. The number of rotatable bonds is 7. The minimum Gasteiger partial charge on any atom is -0.382 e. The molecule has 2 aromatic heterocycles. The lowest BCUT2D eigenvalue weighted by atomic mass is 9.70. The molecule has 3 heterocycles. The molecular formula is C25H39BrIN5OS. The summed E-state index contributed by atoms with van der Waals surface area (Å²) < 4.78 is 2.73. The largest absolute Gasteiger partial charge is 0.382 e. The van der Waals surface area contributed by atoms with Gasteiger partial charge in [0.05, 0.1) is 18.8 Å². The molecule has 1 aliphatic heterocycles. The third-order valence-electron chi connectivity index (χ3n) is 6.91. The fourth-order valence-electron chi connectivity index (χ4n) is 5.24. The molecule has 4 rings (SSSR count). The number of nitrogens with zero attached hydrogens (tertiary/aromatic N) is 4. The van der Waals surface area contributed by atoms with Gasteiger partial charge in [0.15, 0.2) is 5.82 Å². The molecule has 190 valence electrons. The molecule has 1 amide bonds. The van der Waals surface area contributed by atoms with E-state index in [2.05, 4.69) is 41.9 Å². The summed E-state index contributed by atoms with van der Waals surface area (Å²) in [5.74, 6) is 0.910. The summed E-state index contributed by atoms with van der Waals surface area (Å²) in [7, 11) is 5.41. The predicted molar refractivity (Wildman–Crippen MR) is 156 cm³/mol. The van der Waals surface area contributed by atoms with Crippen molar-refractivity contribution in [1.29, 1.82) is 0 Å². The van der Waals surface area contributed by atoms with E-state index in [0.29, 0.717) is 24.8 Å². The standard InChI is InChI=1S/C23H32BrN5O.C2H6.HIS/c1-28-19-16-29(15-18(19)21(25)27-28)22(30)23(13-6-3-7-14-23)12-5-2-4-9-17-10-8-11-20(24)26-17;2*1-2/h8,10-11H,2-7,9,12-16H2,1H3,(H2,25,27);1-2H3;2H. The van der Waals surface area contributed by atoms with Crippen LogP contribution in [0.15, 0.2) is 22.8 Å². The normalized spacial score (nSPS) is 16.1. The highest BCUT2D eigenvalue weighted by Crippen LogP contribution is 2.44. The fourth-order valence-corrected chi connectivity index (χ4v) is 5.62. The van der Waals surface area contributed by atoms with Crippen LogP contribution in [0.3, 0.4) is 0 Å². The van der Waals surface area contributed by atoms with Gasteiger partial charge in [-0.3, -0.25) is 9.48 Å². The Labute approximate surface area is 231 Å². The fraction of sp³-hybridized carbons (Fsp3) is 0.640. The van der Waals surface area contributed by atoms with Crippen LogP contribution in [0.2, 0.25) is 0 Å². The highest BCUT2D eigenvalue weighted by molar-refractivity contribution is 14.2. The number of pyridine rings is 1. The summed E-state index contributed by atoms with van der Waals surface area (Å²) in [6.45, 7) is 5.26. The first-order chi connectivity index (χ1) is 16.5. The summed E-state index contributed by atoms with van der Waals surface area (Å²) >= 11 is 5.29. The van der Waals surface area contributed by atoms with E-state index in [1.807, 2.05) is 63.8 Å². The highest BCUT2D eigenvalue weighted by Gasteiger charge is 2.43. The molecular weight excluding hydrogens is 625 g/mol. The topological polar surface area (TPSA) is 77.0 Å². The van der Waals surface area contributed by atoms with Crippen molar-refractivity contribution in [1.82, 2.24) is 19.7 Å². The number of unbranched alkanes of at least 4 members (excludes halogenated alkanes) is 2. The number of fused-ring (bicyclic) bond motifs is 1. The number of halogens is 2. The van der Waals surface area contributed by atoms with Gasteiger partial charge < -0.3 is 10.6 Å². The van der Waals surface area contributed by atoms with Crippen molar-refractivity contribution in [2.45, 2.75) is 91.1 Å². The Morgan fingerprint density at radius 3 is 2.50 bits per heavy atom. The zero-order chi connectivity index (χ0) is 25.1. The maximum Gasteiger partial charge on any atom is 0.229 e. The van der Waals surface area contributed by atoms with E-state index in [1.54, 1.807) is 0 Å². The number of aryl methyl sites for hydroxylation is 2. The molecule has 2 N–H and O–H groups in total. The molecule has 2 aliphatic rings. The monoisotopic (exact) mass is 663 g/mol. The molecule has 0 aromatic carbocycles. The molecule has 1 aliphatic carbocycles. The summed E-state index contributed by atoms with van der Waals surface area (Å²) in [5.41, 5.74) is 9.14. The zero-order valence-electron chi connectivity index (χ0n) is 20.7. The van der Waals surface area contributed by atoms with Crippen LogP contribution < -0.4 is 5.73 Å². The number of aromatic nitrogens is 3. The summed E-state index contributed by atoms with van der Waals surface area (Å²) in [6, 6.07) is 6.09. The number of hydrogen-bond donors (Lipinski definition) is 2. The maximum atomic E-state index is 13.7. The first-order valence-corrected chi connectivity index (χ1v) is 16.4. The van der Waals surface area contributed by atoms with Crippen molar-refractivity contribution in [3.63, 3.8) is 0 Å². The van der Waals surface area contributed by atoms with Crippen LogP contribution in [-0.2, 0) is 31.4 Å². The quantitative estimate of drug-likeness (QED) is 0.144. The predicted octanol–water partition coefficient (Wildman–Crippen LogP) is 7.05. The lowest BCUT2D eigenvalue weighted by Gasteiger charge is -2.39. The molecule has 0 atom stereocenters. The van der Waals surface area contributed by atoms with Crippen molar-refractivity contribution >= 4 is 58.7 Å². The average molecular weight is 664 g/mol. The Morgan fingerprint density at radius 1 is 1.15 bits per heavy atom. The number of hydrogen-bond acceptors (Lipinski definition) is 5.